The zero-order valence-corrected chi connectivity index (χ0v) is 14.8. The molecule has 0 spiro atoms. The summed E-state index contributed by atoms with van der Waals surface area (Å²) in [5.41, 5.74) is 5.30. The van der Waals surface area contributed by atoms with Crippen molar-refractivity contribution in [3.05, 3.63) is 103 Å². The third-order valence-corrected chi connectivity index (χ3v) is 4.95. The molecule has 0 unspecified atom stereocenters. The summed E-state index contributed by atoms with van der Waals surface area (Å²) in [6, 6.07) is 33.8. The molecule has 5 aromatic rings. The van der Waals surface area contributed by atoms with Gasteiger partial charge in [-0.25, -0.2) is 0 Å². The highest BCUT2D eigenvalue weighted by Crippen LogP contribution is 2.27. The summed E-state index contributed by atoms with van der Waals surface area (Å²) in [7, 11) is 0. The molecule has 2 heteroatoms. The van der Waals surface area contributed by atoms with Crippen molar-refractivity contribution < 1.29 is 0 Å². The molecule has 0 aliphatic carbocycles. The quantitative estimate of drug-likeness (QED) is 0.222. The lowest BCUT2D eigenvalue weighted by molar-refractivity contribution is 1.36. The molecule has 5 aromatic carbocycles. The summed E-state index contributed by atoms with van der Waals surface area (Å²) in [4.78, 5) is 0. The van der Waals surface area contributed by atoms with Gasteiger partial charge in [0.05, 0.1) is 11.9 Å². The Hall–Kier alpha value is -3.65. The number of hydrogen-bond donors (Lipinski definition) is 1. The Morgan fingerprint density at radius 2 is 1.15 bits per heavy atom. The molecule has 0 aromatic heterocycles. The normalized spacial score (nSPS) is 11.6. The van der Waals surface area contributed by atoms with Crippen LogP contribution in [0, 0.1) is 0 Å². The van der Waals surface area contributed by atoms with Crippen molar-refractivity contribution in [2.24, 2.45) is 5.10 Å². The molecule has 0 heterocycles. The van der Waals surface area contributed by atoms with Gasteiger partial charge in [0.2, 0.25) is 0 Å². The highest BCUT2D eigenvalue weighted by atomic mass is 15.3. The minimum Gasteiger partial charge on any atom is -0.278 e. The Kier molecular flexibility index (Phi) is 3.80. The minimum absolute atomic E-state index is 0.981. The van der Waals surface area contributed by atoms with E-state index in [9.17, 15) is 0 Å². The highest BCUT2D eigenvalue weighted by Gasteiger charge is 2.05. The van der Waals surface area contributed by atoms with Crippen LogP contribution in [0.2, 0.25) is 0 Å². The van der Waals surface area contributed by atoms with Gasteiger partial charge in [0.1, 0.15) is 0 Å². The predicted molar refractivity (Wildman–Crippen MR) is 117 cm³/mol. The van der Waals surface area contributed by atoms with E-state index in [0.717, 1.165) is 11.3 Å². The molecule has 0 aliphatic heterocycles. The molecular formula is C25H18N2. The molecule has 0 amide bonds. The number of fused-ring (bicyclic) bond motifs is 3. The summed E-state index contributed by atoms with van der Waals surface area (Å²) < 4.78 is 0. The average molecular weight is 346 g/mol. The first-order valence-electron chi connectivity index (χ1n) is 9.07. The van der Waals surface area contributed by atoms with Crippen molar-refractivity contribution in [2.75, 3.05) is 5.43 Å². The fraction of sp³-hybridized carbons (Fsp3) is 0. The van der Waals surface area contributed by atoms with Gasteiger partial charge < -0.3 is 0 Å². The van der Waals surface area contributed by atoms with E-state index in [1.54, 1.807) is 0 Å². The van der Waals surface area contributed by atoms with E-state index in [0.29, 0.717) is 0 Å². The van der Waals surface area contributed by atoms with Crippen LogP contribution in [0.15, 0.2) is 102 Å². The Balaban J connectivity index is 1.56. The SMILES string of the molecule is C(=N\Nc1ccc2ccccc2c1)/c1c2ccccc2cc2ccccc12. The third-order valence-electron chi connectivity index (χ3n) is 4.95. The van der Waals surface area contributed by atoms with Crippen molar-refractivity contribution in [2.45, 2.75) is 0 Å². The van der Waals surface area contributed by atoms with Gasteiger partial charge in [-0.15, -0.1) is 0 Å². The van der Waals surface area contributed by atoms with Crippen LogP contribution in [0.4, 0.5) is 5.69 Å². The van der Waals surface area contributed by atoms with Crippen LogP contribution in [-0.4, -0.2) is 6.21 Å². The molecule has 0 radical (unpaired) electrons. The lowest BCUT2D eigenvalue weighted by Gasteiger charge is -2.08. The van der Waals surface area contributed by atoms with Gasteiger partial charge in [0, 0.05) is 5.56 Å². The molecule has 0 aliphatic rings. The highest BCUT2D eigenvalue weighted by molar-refractivity contribution is 6.13. The number of benzene rings is 5. The second-order valence-electron chi connectivity index (χ2n) is 6.66. The van der Waals surface area contributed by atoms with Crippen molar-refractivity contribution in [1.29, 1.82) is 0 Å². The third kappa shape index (κ3) is 2.91. The van der Waals surface area contributed by atoms with Gasteiger partial charge >= 0.3 is 0 Å². The first kappa shape index (κ1) is 15.6. The number of rotatable bonds is 3. The Labute approximate surface area is 157 Å². The van der Waals surface area contributed by atoms with Crippen LogP contribution in [0.25, 0.3) is 32.3 Å². The Bertz CT molecular complexity index is 1250. The monoisotopic (exact) mass is 346 g/mol. The van der Waals surface area contributed by atoms with E-state index in [1.165, 1.54) is 32.3 Å². The second-order valence-corrected chi connectivity index (χ2v) is 6.66. The molecule has 0 bridgehead atoms. The van der Waals surface area contributed by atoms with Crippen molar-refractivity contribution >= 4 is 44.2 Å². The molecule has 128 valence electrons. The Morgan fingerprint density at radius 3 is 1.85 bits per heavy atom. The van der Waals surface area contributed by atoms with Crippen LogP contribution >= 0.6 is 0 Å². The first-order valence-corrected chi connectivity index (χ1v) is 9.07. The number of hydrogen-bond acceptors (Lipinski definition) is 2. The molecule has 2 nitrogen and oxygen atoms in total. The maximum atomic E-state index is 4.54. The van der Waals surface area contributed by atoms with Crippen molar-refractivity contribution in [3.8, 4) is 0 Å². The number of anilines is 1. The zero-order valence-electron chi connectivity index (χ0n) is 14.8. The van der Waals surface area contributed by atoms with Crippen molar-refractivity contribution in [1.82, 2.24) is 0 Å². The van der Waals surface area contributed by atoms with Gasteiger partial charge in [-0.2, -0.15) is 5.10 Å². The predicted octanol–water partition coefficient (Wildman–Crippen LogP) is 6.59. The Morgan fingerprint density at radius 1 is 0.556 bits per heavy atom. The molecule has 27 heavy (non-hydrogen) atoms. The maximum absolute atomic E-state index is 4.54. The molecule has 0 saturated carbocycles. The lowest BCUT2D eigenvalue weighted by atomic mass is 9.97. The fourth-order valence-corrected chi connectivity index (χ4v) is 3.62. The summed E-state index contributed by atoms with van der Waals surface area (Å²) in [5.74, 6) is 0. The van der Waals surface area contributed by atoms with Gasteiger partial charge in [-0.05, 0) is 50.5 Å². The standard InChI is InChI=1S/C25H18N2/c1-2-8-19-16-22(14-13-18(19)7-1)27-26-17-25-23-11-5-3-9-20(23)15-21-10-4-6-12-24(21)25/h1-17,27H/b26-17+. The number of nitrogens with one attached hydrogen (secondary N) is 1. The van der Waals surface area contributed by atoms with Crippen LogP contribution < -0.4 is 5.43 Å². The molecule has 0 fully saturated rings. The van der Waals surface area contributed by atoms with Gasteiger partial charge in [0.25, 0.3) is 0 Å². The summed E-state index contributed by atoms with van der Waals surface area (Å²) in [5, 5.41) is 11.8. The molecule has 5 rings (SSSR count). The van der Waals surface area contributed by atoms with Crippen LogP contribution in [0.1, 0.15) is 5.56 Å². The van der Waals surface area contributed by atoms with E-state index < -0.39 is 0 Å². The first-order chi connectivity index (χ1) is 13.4. The smallest absolute Gasteiger partial charge is 0.0568 e. The van der Waals surface area contributed by atoms with Crippen molar-refractivity contribution in [3.63, 3.8) is 0 Å². The van der Waals surface area contributed by atoms with E-state index in [-0.39, 0.29) is 0 Å². The summed E-state index contributed by atoms with van der Waals surface area (Å²) in [6.07, 6.45) is 1.93. The lowest BCUT2D eigenvalue weighted by Crippen LogP contribution is -1.93. The fourth-order valence-electron chi connectivity index (χ4n) is 3.62. The minimum atomic E-state index is 0.981. The van der Waals surface area contributed by atoms with Gasteiger partial charge in [0.15, 0.2) is 0 Å². The number of hydrazone groups is 1. The zero-order chi connectivity index (χ0) is 18.1. The second kappa shape index (κ2) is 6.58. The molecule has 0 saturated heterocycles. The van der Waals surface area contributed by atoms with E-state index in [4.69, 9.17) is 0 Å². The molecular weight excluding hydrogens is 328 g/mol. The van der Waals surface area contributed by atoms with Gasteiger partial charge in [-0.1, -0.05) is 78.9 Å². The van der Waals surface area contributed by atoms with E-state index in [1.807, 2.05) is 6.21 Å². The van der Waals surface area contributed by atoms with Crippen LogP contribution in [-0.2, 0) is 0 Å². The molecule has 0 atom stereocenters. The number of nitrogens with zero attached hydrogens (tertiary/aromatic N) is 1. The van der Waals surface area contributed by atoms with Crippen LogP contribution in [0.3, 0.4) is 0 Å². The summed E-state index contributed by atoms with van der Waals surface area (Å²) >= 11 is 0. The van der Waals surface area contributed by atoms with E-state index in [2.05, 4.69) is 108 Å². The topological polar surface area (TPSA) is 24.4 Å². The van der Waals surface area contributed by atoms with Crippen LogP contribution in [0.5, 0.6) is 0 Å². The van der Waals surface area contributed by atoms with E-state index >= 15 is 0 Å². The largest absolute Gasteiger partial charge is 0.278 e. The average Bonchev–Trinajstić information content (AvgIpc) is 2.73. The molecule has 1 N–H and O–H groups in total. The summed E-state index contributed by atoms with van der Waals surface area (Å²) in [6.45, 7) is 0. The van der Waals surface area contributed by atoms with Gasteiger partial charge in [-0.3, -0.25) is 5.43 Å². The maximum Gasteiger partial charge on any atom is 0.0568 e.